The number of anilines is 2. The summed E-state index contributed by atoms with van der Waals surface area (Å²) in [6.45, 7) is 0.893. The molecule has 1 aliphatic heterocycles. The Bertz CT molecular complexity index is 1020. The van der Waals surface area contributed by atoms with Crippen molar-refractivity contribution in [3.05, 3.63) is 66.4 Å². The minimum atomic E-state index is 0.718. The van der Waals surface area contributed by atoms with E-state index in [1.165, 1.54) is 11.3 Å². The van der Waals surface area contributed by atoms with Crippen molar-refractivity contribution in [1.82, 2.24) is 25.2 Å². The summed E-state index contributed by atoms with van der Waals surface area (Å²) in [4.78, 5) is 2.20. The third-order valence-electron chi connectivity index (χ3n) is 4.41. The van der Waals surface area contributed by atoms with E-state index < -0.39 is 0 Å². The molecule has 6 heteroatoms. The Hall–Kier alpha value is -3.28. The number of nitrogens with zero attached hydrogens (tertiary/aromatic N) is 6. The molecule has 5 rings (SSSR count). The number of aromatic nitrogens is 5. The molecule has 0 amide bonds. The molecule has 0 N–H and O–H groups in total. The highest BCUT2D eigenvalue weighted by molar-refractivity contribution is 5.90. The van der Waals surface area contributed by atoms with E-state index in [1.807, 2.05) is 36.5 Å². The Balaban J connectivity index is 1.68. The second-order valence-corrected chi connectivity index (χ2v) is 5.77. The molecule has 0 bridgehead atoms. The minimum absolute atomic E-state index is 0.718. The smallest absolute Gasteiger partial charge is 0.190 e. The summed E-state index contributed by atoms with van der Waals surface area (Å²) < 4.78 is 1.80. The van der Waals surface area contributed by atoms with Crippen LogP contribution in [0.2, 0.25) is 0 Å². The van der Waals surface area contributed by atoms with E-state index in [1.54, 1.807) is 4.68 Å². The summed E-state index contributed by atoms with van der Waals surface area (Å²) in [7, 11) is 0. The Morgan fingerprint density at radius 2 is 1.71 bits per heavy atom. The maximum absolute atomic E-state index is 4.50. The lowest BCUT2D eigenvalue weighted by Crippen LogP contribution is -2.16. The Labute approximate surface area is 138 Å². The second-order valence-electron chi connectivity index (χ2n) is 5.77. The topological polar surface area (TPSA) is 59.7 Å². The average Bonchev–Trinajstić information content (AvgIpc) is 3.26. The molecule has 24 heavy (non-hydrogen) atoms. The lowest BCUT2D eigenvalue weighted by atomic mass is 10.2. The third-order valence-corrected chi connectivity index (χ3v) is 4.41. The molecule has 0 saturated heterocycles. The SMILES string of the molecule is c1ccc(-n2ncc3c(N4CCc5ccccc54)nnnc32)cc1. The molecule has 0 unspecified atom stereocenters. The molecule has 116 valence electrons. The van der Waals surface area contributed by atoms with Gasteiger partial charge in [0.1, 0.15) is 0 Å². The van der Waals surface area contributed by atoms with Gasteiger partial charge in [-0.05, 0) is 35.4 Å². The quantitative estimate of drug-likeness (QED) is 0.569. The highest BCUT2D eigenvalue weighted by Gasteiger charge is 2.24. The normalized spacial score (nSPS) is 13.4. The first kappa shape index (κ1) is 13.2. The molecule has 0 aliphatic carbocycles. The van der Waals surface area contributed by atoms with Crippen molar-refractivity contribution < 1.29 is 0 Å². The van der Waals surface area contributed by atoms with Crippen LogP contribution in [-0.4, -0.2) is 31.7 Å². The van der Waals surface area contributed by atoms with Gasteiger partial charge in [0.2, 0.25) is 0 Å². The second kappa shape index (κ2) is 5.13. The Morgan fingerprint density at radius 3 is 2.62 bits per heavy atom. The molecule has 0 radical (unpaired) electrons. The van der Waals surface area contributed by atoms with Gasteiger partial charge in [-0.3, -0.25) is 0 Å². The van der Waals surface area contributed by atoms with Crippen molar-refractivity contribution in [2.45, 2.75) is 6.42 Å². The molecular weight excluding hydrogens is 300 g/mol. The van der Waals surface area contributed by atoms with Gasteiger partial charge in [-0.25, -0.2) is 4.68 Å². The van der Waals surface area contributed by atoms with E-state index in [2.05, 4.69) is 49.7 Å². The van der Waals surface area contributed by atoms with Crippen LogP contribution >= 0.6 is 0 Å². The van der Waals surface area contributed by atoms with E-state index in [4.69, 9.17) is 0 Å². The lowest BCUT2D eigenvalue weighted by Gasteiger charge is -2.17. The van der Waals surface area contributed by atoms with Crippen LogP contribution in [0.3, 0.4) is 0 Å². The van der Waals surface area contributed by atoms with E-state index in [0.717, 1.165) is 35.5 Å². The summed E-state index contributed by atoms with van der Waals surface area (Å²) in [5.41, 5.74) is 4.20. The molecule has 0 spiro atoms. The number of rotatable bonds is 2. The summed E-state index contributed by atoms with van der Waals surface area (Å²) in [6, 6.07) is 18.4. The molecule has 0 atom stereocenters. The zero-order valence-corrected chi connectivity index (χ0v) is 12.9. The first-order chi connectivity index (χ1) is 11.9. The van der Waals surface area contributed by atoms with Crippen LogP contribution in [0.5, 0.6) is 0 Å². The van der Waals surface area contributed by atoms with Crippen molar-refractivity contribution in [3.63, 3.8) is 0 Å². The van der Waals surface area contributed by atoms with Crippen molar-refractivity contribution in [2.75, 3.05) is 11.4 Å². The number of benzene rings is 2. The highest BCUT2D eigenvalue weighted by atomic mass is 15.4. The molecule has 3 heterocycles. The van der Waals surface area contributed by atoms with Gasteiger partial charge < -0.3 is 4.90 Å². The molecule has 2 aromatic carbocycles. The molecule has 1 aliphatic rings. The van der Waals surface area contributed by atoms with Gasteiger partial charge >= 0.3 is 0 Å². The Morgan fingerprint density at radius 1 is 0.875 bits per heavy atom. The van der Waals surface area contributed by atoms with Gasteiger partial charge in [-0.1, -0.05) is 36.4 Å². The van der Waals surface area contributed by atoms with Crippen LogP contribution in [0, 0.1) is 0 Å². The zero-order chi connectivity index (χ0) is 15.9. The molecular formula is C18H14N6. The van der Waals surface area contributed by atoms with Crippen LogP contribution in [0.4, 0.5) is 11.5 Å². The predicted molar refractivity (Wildman–Crippen MR) is 91.6 cm³/mol. The van der Waals surface area contributed by atoms with Gasteiger partial charge in [0.15, 0.2) is 11.5 Å². The van der Waals surface area contributed by atoms with Gasteiger partial charge in [0, 0.05) is 12.2 Å². The summed E-state index contributed by atoms with van der Waals surface area (Å²) >= 11 is 0. The molecule has 0 saturated carbocycles. The van der Waals surface area contributed by atoms with E-state index in [-0.39, 0.29) is 0 Å². The fourth-order valence-corrected chi connectivity index (χ4v) is 3.27. The lowest BCUT2D eigenvalue weighted by molar-refractivity contribution is 0.829. The first-order valence-corrected chi connectivity index (χ1v) is 7.90. The van der Waals surface area contributed by atoms with E-state index in [0.29, 0.717) is 0 Å². The maximum Gasteiger partial charge on any atom is 0.190 e. The van der Waals surface area contributed by atoms with Crippen LogP contribution in [-0.2, 0) is 6.42 Å². The van der Waals surface area contributed by atoms with Gasteiger partial charge in [-0.15, -0.1) is 10.2 Å². The van der Waals surface area contributed by atoms with Crippen LogP contribution in [0.15, 0.2) is 60.8 Å². The molecule has 0 fully saturated rings. The van der Waals surface area contributed by atoms with Crippen LogP contribution < -0.4 is 4.90 Å². The summed E-state index contributed by atoms with van der Waals surface area (Å²) in [5.74, 6) is 0.812. The monoisotopic (exact) mass is 314 g/mol. The van der Waals surface area contributed by atoms with E-state index >= 15 is 0 Å². The van der Waals surface area contributed by atoms with Crippen molar-refractivity contribution >= 4 is 22.5 Å². The maximum atomic E-state index is 4.50. The van der Waals surface area contributed by atoms with Crippen LogP contribution in [0.1, 0.15) is 5.56 Å². The van der Waals surface area contributed by atoms with E-state index in [9.17, 15) is 0 Å². The van der Waals surface area contributed by atoms with Crippen LogP contribution in [0.25, 0.3) is 16.7 Å². The summed E-state index contributed by atoms with van der Waals surface area (Å²) in [6.07, 6.45) is 2.83. The fourth-order valence-electron chi connectivity index (χ4n) is 3.27. The molecule has 6 nitrogen and oxygen atoms in total. The van der Waals surface area contributed by atoms with Gasteiger partial charge in [0.25, 0.3) is 0 Å². The average molecular weight is 314 g/mol. The van der Waals surface area contributed by atoms with Crippen molar-refractivity contribution in [2.24, 2.45) is 0 Å². The predicted octanol–water partition coefficient (Wildman–Crippen LogP) is 2.90. The summed E-state index contributed by atoms with van der Waals surface area (Å²) in [5, 5.41) is 17.9. The number of hydrogen-bond acceptors (Lipinski definition) is 5. The fraction of sp³-hybridized carbons (Fsp3) is 0.111. The minimum Gasteiger partial charge on any atom is -0.324 e. The Kier molecular flexibility index (Phi) is 2.82. The molecule has 2 aromatic heterocycles. The number of hydrogen-bond donors (Lipinski definition) is 0. The number of para-hydroxylation sites is 2. The number of fused-ring (bicyclic) bond motifs is 2. The third kappa shape index (κ3) is 1.89. The van der Waals surface area contributed by atoms with Crippen molar-refractivity contribution in [3.8, 4) is 5.69 Å². The standard InChI is InChI=1S/C18H14N6/c1-2-7-14(8-3-1)24-18-15(12-19-24)17(20-22-21-18)23-11-10-13-6-4-5-9-16(13)23/h1-9,12H,10-11H2. The zero-order valence-electron chi connectivity index (χ0n) is 12.9. The first-order valence-electron chi connectivity index (χ1n) is 7.90. The van der Waals surface area contributed by atoms with Crippen molar-refractivity contribution in [1.29, 1.82) is 0 Å². The van der Waals surface area contributed by atoms with Gasteiger partial charge in [-0.2, -0.15) is 5.10 Å². The highest BCUT2D eigenvalue weighted by Crippen LogP contribution is 2.36. The van der Waals surface area contributed by atoms with Gasteiger partial charge in [0.05, 0.1) is 17.3 Å². The largest absolute Gasteiger partial charge is 0.324 e. The molecule has 4 aromatic rings.